The van der Waals surface area contributed by atoms with E-state index < -0.39 is 4.92 Å². The molecule has 1 heterocycles. The summed E-state index contributed by atoms with van der Waals surface area (Å²) in [6.07, 6.45) is 1.19. The molecule has 1 aromatic carbocycles. The lowest BCUT2D eigenvalue weighted by molar-refractivity contribution is -0.384. The number of nitrogens with one attached hydrogen (secondary N) is 1. The summed E-state index contributed by atoms with van der Waals surface area (Å²) in [7, 11) is 0. The number of nitro benzene ring substituents is 1. The van der Waals surface area contributed by atoms with Gasteiger partial charge in [-0.15, -0.1) is 0 Å². The van der Waals surface area contributed by atoms with Crippen molar-refractivity contribution in [2.75, 3.05) is 5.32 Å². The number of furan rings is 1. The number of nitrogens with zero attached hydrogens (tertiary/aromatic N) is 1. The molecule has 110 valence electrons. The zero-order valence-corrected chi connectivity index (χ0v) is 13.1. The second-order valence-electron chi connectivity index (χ2n) is 5.40. The first-order valence-electron chi connectivity index (χ1n) is 6.81. The molecule has 0 amide bonds. The summed E-state index contributed by atoms with van der Waals surface area (Å²) in [5, 5.41) is 14.0. The Kier molecular flexibility index (Phi) is 3.71. The highest BCUT2D eigenvalue weighted by Gasteiger charge is 2.36. The van der Waals surface area contributed by atoms with Crippen LogP contribution in [0.1, 0.15) is 30.8 Å². The smallest absolute Gasteiger partial charge is 0.271 e. The van der Waals surface area contributed by atoms with E-state index in [4.69, 9.17) is 4.42 Å². The minimum Gasteiger partial charge on any atom is -0.464 e. The van der Waals surface area contributed by atoms with Gasteiger partial charge in [-0.05, 0) is 46.5 Å². The third-order valence-electron chi connectivity index (χ3n) is 3.77. The Bertz CT molecular complexity index is 683. The van der Waals surface area contributed by atoms with Crippen molar-refractivity contribution in [3.63, 3.8) is 0 Å². The number of hydrogen-bond donors (Lipinski definition) is 1. The van der Waals surface area contributed by atoms with Crippen LogP contribution in [0, 0.1) is 16.0 Å². The fourth-order valence-electron chi connectivity index (χ4n) is 2.35. The Morgan fingerprint density at radius 3 is 2.86 bits per heavy atom. The van der Waals surface area contributed by atoms with Gasteiger partial charge >= 0.3 is 0 Å². The Balaban J connectivity index is 1.68. The Morgan fingerprint density at radius 2 is 2.19 bits per heavy atom. The molecule has 3 rings (SSSR count). The van der Waals surface area contributed by atoms with Crippen LogP contribution < -0.4 is 5.32 Å². The molecule has 0 radical (unpaired) electrons. The highest BCUT2D eigenvalue weighted by Crippen LogP contribution is 2.47. The molecule has 0 saturated heterocycles. The van der Waals surface area contributed by atoms with Gasteiger partial charge in [-0.2, -0.15) is 0 Å². The van der Waals surface area contributed by atoms with E-state index in [0.29, 0.717) is 24.1 Å². The van der Waals surface area contributed by atoms with Gasteiger partial charge in [0.2, 0.25) is 0 Å². The minimum atomic E-state index is -0.406. The molecule has 2 unspecified atom stereocenters. The summed E-state index contributed by atoms with van der Waals surface area (Å²) < 4.78 is 6.59. The number of hydrogen-bond acceptors (Lipinski definition) is 4. The van der Waals surface area contributed by atoms with Crippen molar-refractivity contribution in [2.24, 2.45) is 5.92 Å². The molecule has 1 N–H and O–H groups in total. The molecule has 21 heavy (non-hydrogen) atoms. The van der Waals surface area contributed by atoms with E-state index in [1.165, 1.54) is 18.6 Å². The van der Waals surface area contributed by atoms with Crippen molar-refractivity contribution in [1.82, 2.24) is 0 Å². The first-order chi connectivity index (χ1) is 10.0. The first kappa shape index (κ1) is 14.1. The van der Waals surface area contributed by atoms with Crippen LogP contribution in [0.2, 0.25) is 0 Å². The second kappa shape index (κ2) is 5.52. The van der Waals surface area contributed by atoms with E-state index in [0.717, 1.165) is 16.0 Å². The molecule has 0 bridgehead atoms. The maximum atomic E-state index is 10.8. The number of rotatable bonds is 5. The van der Waals surface area contributed by atoms with Gasteiger partial charge in [-0.1, -0.05) is 6.92 Å². The fourth-order valence-corrected chi connectivity index (χ4v) is 2.74. The molecule has 1 aromatic heterocycles. The van der Waals surface area contributed by atoms with Gasteiger partial charge in [0.25, 0.3) is 5.69 Å². The van der Waals surface area contributed by atoms with Crippen molar-refractivity contribution < 1.29 is 9.34 Å². The van der Waals surface area contributed by atoms with E-state index in [2.05, 4.69) is 28.2 Å². The van der Waals surface area contributed by atoms with Gasteiger partial charge in [0, 0.05) is 22.5 Å². The van der Waals surface area contributed by atoms with Gasteiger partial charge in [-0.3, -0.25) is 10.1 Å². The van der Waals surface area contributed by atoms with Crippen LogP contribution in [-0.4, -0.2) is 4.92 Å². The fraction of sp³-hybridized carbons (Fsp3) is 0.333. The first-order valence-corrected chi connectivity index (χ1v) is 7.60. The normalized spacial score (nSPS) is 20.3. The molecule has 1 aliphatic rings. The van der Waals surface area contributed by atoms with Crippen LogP contribution in [0.25, 0.3) is 0 Å². The van der Waals surface area contributed by atoms with Crippen LogP contribution in [0.5, 0.6) is 0 Å². The van der Waals surface area contributed by atoms with Crippen LogP contribution in [0.15, 0.2) is 39.2 Å². The monoisotopic (exact) mass is 350 g/mol. The summed E-state index contributed by atoms with van der Waals surface area (Å²) in [5.74, 6) is 3.14. The lowest BCUT2D eigenvalue weighted by Crippen LogP contribution is -2.00. The average Bonchev–Trinajstić information content (AvgIpc) is 3.00. The van der Waals surface area contributed by atoms with E-state index in [9.17, 15) is 10.1 Å². The molecule has 1 fully saturated rings. The van der Waals surface area contributed by atoms with Gasteiger partial charge in [0.1, 0.15) is 11.5 Å². The lowest BCUT2D eigenvalue weighted by Gasteiger charge is -2.06. The molecule has 2 aromatic rings. The predicted molar refractivity (Wildman–Crippen MR) is 83.4 cm³/mol. The van der Waals surface area contributed by atoms with Crippen LogP contribution >= 0.6 is 15.9 Å². The summed E-state index contributed by atoms with van der Waals surface area (Å²) in [4.78, 5) is 10.4. The van der Waals surface area contributed by atoms with E-state index >= 15 is 0 Å². The quantitative estimate of drug-likeness (QED) is 0.627. The standard InChI is InChI=1S/C15H15BrN2O3/c1-9-6-12(9)15-5-3-11(21-15)8-17-14-7-10(18(19)20)2-4-13(14)16/h2-5,7,9,12,17H,6,8H2,1H3. The summed E-state index contributed by atoms with van der Waals surface area (Å²) in [6, 6.07) is 8.62. The number of nitro groups is 1. The average molecular weight is 351 g/mol. The van der Waals surface area contributed by atoms with Gasteiger partial charge in [-0.25, -0.2) is 0 Å². The number of anilines is 1. The molecule has 1 aliphatic carbocycles. The topological polar surface area (TPSA) is 68.3 Å². The van der Waals surface area contributed by atoms with Crippen molar-refractivity contribution in [3.8, 4) is 0 Å². The highest BCUT2D eigenvalue weighted by atomic mass is 79.9. The number of halogens is 1. The van der Waals surface area contributed by atoms with Gasteiger partial charge in [0.05, 0.1) is 17.2 Å². The predicted octanol–water partition coefficient (Wildman–Crippen LogP) is 4.69. The van der Waals surface area contributed by atoms with Crippen molar-refractivity contribution in [1.29, 1.82) is 0 Å². The molecule has 0 aliphatic heterocycles. The maximum absolute atomic E-state index is 10.8. The number of benzene rings is 1. The van der Waals surface area contributed by atoms with Crippen molar-refractivity contribution in [3.05, 3.63) is 56.4 Å². The molecule has 6 heteroatoms. The molecule has 2 atom stereocenters. The van der Waals surface area contributed by atoms with Crippen LogP contribution in [0.3, 0.4) is 0 Å². The summed E-state index contributed by atoms with van der Waals surface area (Å²) >= 11 is 3.38. The summed E-state index contributed by atoms with van der Waals surface area (Å²) in [6.45, 7) is 2.71. The molecule has 1 saturated carbocycles. The summed E-state index contributed by atoms with van der Waals surface area (Å²) in [5.41, 5.74) is 0.745. The SMILES string of the molecule is CC1CC1c1ccc(CNc2cc([N+](=O)[O-])ccc2Br)o1. The lowest BCUT2D eigenvalue weighted by atomic mass is 10.2. The minimum absolute atomic E-state index is 0.0626. The highest BCUT2D eigenvalue weighted by molar-refractivity contribution is 9.10. The number of non-ortho nitro benzene ring substituents is 1. The third kappa shape index (κ3) is 3.10. The second-order valence-corrected chi connectivity index (χ2v) is 6.25. The van der Waals surface area contributed by atoms with E-state index in [1.54, 1.807) is 6.07 Å². The molecular formula is C15H15BrN2O3. The van der Waals surface area contributed by atoms with Gasteiger partial charge < -0.3 is 9.73 Å². The molecule has 5 nitrogen and oxygen atoms in total. The molecule has 0 spiro atoms. The van der Waals surface area contributed by atoms with Crippen LogP contribution in [0.4, 0.5) is 11.4 Å². The Hall–Kier alpha value is -1.82. The van der Waals surface area contributed by atoms with Crippen molar-refractivity contribution in [2.45, 2.75) is 25.8 Å². The Labute approximate surface area is 130 Å². The molecular weight excluding hydrogens is 336 g/mol. The van der Waals surface area contributed by atoms with E-state index in [-0.39, 0.29) is 5.69 Å². The third-order valence-corrected chi connectivity index (χ3v) is 4.46. The van der Waals surface area contributed by atoms with Crippen molar-refractivity contribution >= 4 is 27.3 Å². The maximum Gasteiger partial charge on any atom is 0.271 e. The largest absolute Gasteiger partial charge is 0.464 e. The zero-order chi connectivity index (χ0) is 15.0. The van der Waals surface area contributed by atoms with Crippen LogP contribution in [-0.2, 0) is 6.54 Å². The zero-order valence-electron chi connectivity index (χ0n) is 11.5. The van der Waals surface area contributed by atoms with E-state index in [1.807, 2.05) is 12.1 Å². The van der Waals surface area contributed by atoms with Gasteiger partial charge in [0.15, 0.2) is 0 Å². The Morgan fingerprint density at radius 1 is 1.43 bits per heavy atom.